The highest BCUT2D eigenvalue weighted by atomic mass is 79.9. The molecule has 2 rings (SSSR count). The van der Waals surface area contributed by atoms with E-state index in [1.54, 1.807) is 0 Å². The number of nitrogens with one attached hydrogen (secondary N) is 1. The van der Waals surface area contributed by atoms with Crippen molar-refractivity contribution in [2.75, 3.05) is 5.32 Å². The zero-order valence-electron chi connectivity index (χ0n) is 7.92. The van der Waals surface area contributed by atoms with Crippen LogP contribution in [0.5, 0.6) is 0 Å². The number of rotatable bonds is 2. The van der Waals surface area contributed by atoms with Gasteiger partial charge < -0.3 is 5.32 Å². The first kappa shape index (κ1) is 11.6. The molecule has 0 bridgehead atoms. The fourth-order valence-electron chi connectivity index (χ4n) is 1.16. The summed E-state index contributed by atoms with van der Waals surface area (Å²) in [4.78, 5) is 7.71. The van der Waals surface area contributed by atoms with Gasteiger partial charge in [0.2, 0.25) is 0 Å². The number of halogens is 3. The van der Waals surface area contributed by atoms with Crippen LogP contribution < -0.4 is 5.32 Å². The lowest BCUT2D eigenvalue weighted by Gasteiger charge is -2.08. The minimum atomic E-state index is 0.292. The topological polar surface area (TPSA) is 37.8 Å². The Morgan fingerprint density at radius 1 is 1.12 bits per heavy atom. The predicted molar refractivity (Wildman–Crippen MR) is 69.5 cm³/mol. The third kappa shape index (κ3) is 2.64. The van der Waals surface area contributed by atoms with Gasteiger partial charge in [-0.15, -0.1) is 0 Å². The molecule has 0 saturated carbocycles. The highest BCUT2D eigenvalue weighted by Gasteiger charge is 2.07. The van der Waals surface area contributed by atoms with Crippen molar-refractivity contribution < 1.29 is 0 Å². The Hall–Kier alpha value is -0.840. The van der Waals surface area contributed by atoms with Gasteiger partial charge >= 0.3 is 0 Å². The standard InChI is InChI=1S/C10H6BrCl2N3/c11-6-2-1-3-7(4-6)16-8-9(12)14-5-15-10(8)13/h1-5,16H. The van der Waals surface area contributed by atoms with E-state index in [-0.39, 0.29) is 0 Å². The number of hydrogen-bond acceptors (Lipinski definition) is 3. The van der Waals surface area contributed by atoms with Crippen LogP contribution in [0.3, 0.4) is 0 Å². The molecule has 3 nitrogen and oxygen atoms in total. The average molecular weight is 319 g/mol. The second-order valence-corrected chi connectivity index (χ2v) is 4.60. The van der Waals surface area contributed by atoms with Crippen LogP contribution in [-0.4, -0.2) is 9.97 Å². The molecule has 0 atom stereocenters. The zero-order valence-corrected chi connectivity index (χ0v) is 11.0. The van der Waals surface area contributed by atoms with Gasteiger partial charge in [0.05, 0.1) is 0 Å². The molecule has 0 radical (unpaired) electrons. The Kier molecular flexibility index (Phi) is 3.63. The van der Waals surface area contributed by atoms with Crippen LogP contribution in [0.2, 0.25) is 10.3 Å². The molecule has 1 aromatic heterocycles. The molecular weight excluding hydrogens is 313 g/mol. The first-order valence-electron chi connectivity index (χ1n) is 4.35. The van der Waals surface area contributed by atoms with Crippen molar-refractivity contribution in [3.63, 3.8) is 0 Å². The van der Waals surface area contributed by atoms with Crippen LogP contribution in [0.25, 0.3) is 0 Å². The molecule has 0 unspecified atom stereocenters. The van der Waals surface area contributed by atoms with Crippen molar-refractivity contribution in [3.05, 3.63) is 45.4 Å². The van der Waals surface area contributed by atoms with Gasteiger partial charge in [0.1, 0.15) is 12.0 Å². The second kappa shape index (κ2) is 4.99. The maximum atomic E-state index is 5.91. The average Bonchev–Trinajstić information content (AvgIpc) is 2.24. The minimum Gasteiger partial charge on any atom is -0.350 e. The molecule has 0 saturated heterocycles. The van der Waals surface area contributed by atoms with E-state index in [2.05, 4.69) is 31.2 Å². The van der Waals surface area contributed by atoms with E-state index in [1.807, 2.05) is 24.3 Å². The summed E-state index contributed by atoms with van der Waals surface area (Å²) in [5, 5.41) is 3.65. The highest BCUT2D eigenvalue weighted by Crippen LogP contribution is 2.29. The van der Waals surface area contributed by atoms with Crippen LogP contribution >= 0.6 is 39.1 Å². The Labute approximate surface area is 111 Å². The molecule has 6 heteroatoms. The number of hydrogen-bond donors (Lipinski definition) is 1. The first-order valence-corrected chi connectivity index (χ1v) is 5.90. The minimum absolute atomic E-state index is 0.292. The van der Waals surface area contributed by atoms with Crippen molar-refractivity contribution >= 4 is 50.5 Å². The lowest BCUT2D eigenvalue weighted by atomic mass is 10.3. The Morgan fingerprint density at radius 2 is 1.81 bits per heavy atom. The van der Waals surface area contributed by atoms with Crippen LogP contribution in [0.4, 0.5) is 11.4 Å². The molecule has 16 heavy (non-hydrogen) atoms. The van der Waals surface area contributed by atoms with Gasteiger partial charge in [-0.25, -0.2) is 9.97 Å². The smallest absolute Gasteiger partial charge is 0.157 e. The molecule has 0 spiro atoms. The van der Waals surface area contributed by atoms with Crippen molar-refractivity contribution in [1.82, 2.24) is 9.97 Å². The fourth-order valence-corrected chi connectivity index (χ4v) is 1.97. The maximum absolute atomic E-state index is 5.91. The van der Waals surface area contributed by atoms with Gasteiger partial charge in [-0.3, -0.25) is 0 Å². The van der Waals surface area contributed by atoms with Crippen molar-refractivity contribution in [2.45, 2.75) is 0 Å². The van der Waals surface area contributed by atoms with Gasteiger partial charge in [0.25, 0.3) is 0 Å². The van der Waals surface area contributed by atoms with Crippen molar-refractivity contribution in [2.24, 2.45) is 0 Å². The molecule has 0 fully saturated rings. The quantitative estimate of drug-likeness (QED) is 0.839. The van der Waals surface area contributed by atoms with Crippen LogP contribution in [0.1, 0.15) is 0 Å². The lowest BCUT2D eigenvalue weighted by molar-refractivity contribution is 1.17. The van der Waals surface area contributed by atoms with E-state index < -0.39 is 0 Å². The number of aromatic nitrogens is 2. The second-order valence-electron chi connectivity index (χ2n) is 2.97. The molecule has 1 heterocycles. The Bertz CT molecular complexity index is 499. The predicted octanol–water partition coefficient (Wildman–Crippen LogP) is 4.29. The van der Waals surface area contributed by atoms with Gasteiger partial charge in [0, 0.05) is 10.2 Å². The third-order valence-electron chi connectivity index (χ3n) is 1.85. The molecule has 0 aliphatic rings. The van der Waals surface area contributed by atoms with Crippen molar-refractivity contribution in [1.29, 1.82) is 0 Å². The van der Waals surface area contributed by atoms with Crippen LogP contribution in [0.15, 0.2) is 35.1 Å². The number of benzene rings is 1. The molecule has 0 aliphatic heterocycles. The van der Waals surface area contributed by atoms with E-state index >= 15 is 0 Å². The van der Waals surface area contributed by atoms with Gasteiger partial charge in [-0.05, 0) is 18.2 Å². The van der Waals surface area contributed by atoms with Crippen molar-refractivity contribution in [3.8, 4) is 0 Å². The number of nitrogens with zero attached hydrogens (tertiary/aromatic N) is 2. The Morgan fingerprint density at radius 3 is 2.44 bits per heavy atom. The monoisotopic (exact) mass is 317 g/mol. The maximum Gasteiger partial charge on any atom is 0.157 e. The summed E-state index contributed by atoms with van der Waals surface area (Å²) in [5.74, 6) is 0. The Balaban J connectivity index is 2.34. The van der Waals surface area contributed by atoms with Gasteiger partial charge in [-0.1, -0.05) is 45.2 Å². The summed E-state index contributed by atoms with van der Waals surface area (Å²) in [7, 11) is 0. The summed E-state index contributed by atoms with van der Waals surface area (Å²) in [6.45, 7) is 0. The van der Waals surface area contributed by atoms with E-state index in [4.69, 9.17) is 23.2 Å². The van der Waals surface area contributed by atoms with Gasteiger partial charge in [0.15, 0.2) is 10.3 Å². The van der Waals surface area contributed by atoms with Crippen LogP contribution in [-0.2, 0) is 0 Å². The summed E-state index contributed by atoms with van der Waals surface area (Å²) in [5.41, 5.74) is 1.36. The summed E-state index contributed by atoms with van der Waals surface area (Å²) in [6, 6.07) is 7.62. The highest BCUT2D eigenvalue weighted by molar-refractivity contribution is 9.10. The normalized spacial score (nSPS) is 10.2. The fraction of sp³-hybridized carbons (Fsp3) is 0. The number of anilines is 2. The SMILES string of the molecule is Clc1ncnc(Cl)c1Nc1cccc(Br)c1. The first-order chi connectivity index (χ1) is 7.66. The molecule has 1 aromatic carbocycles. The van der Waals surface area contributed by atoms with E-state index in [1.165, 1.54) is 6.33 Å². The zero-order chi connectivity index (χ0) is 11.5. The summed E-state index contributed by atoms with van der Waals surface area (Å²) >= 11 is 15.2. The molecule has 2 aromatic rings. The van der Waals surface area contributed by atoms with E-state index in [0.717, 1.165) is 10.2 Å². The van der Waals surface area contributed by atoms with Gasteiger partial charge in [-0.2, -0.15) is 0 Å². The lowest BCUT2D eigenvalue weighted by Crippen LogP contribution is -1.95. The van der Waals surface area contributed by atoms with Crippen LogP contribution in [0, 0.1) is 0 Å². The largest absolute Gasteiger partial charge is 0.350 e. The molecule has 0 amide bonds. The molecule has 1 N–H and O–H groups in total. The summed E-state index contributed by atoms with van der Waals surface area (Å²) in [6.07, 6.45) is 1.32. The molecular formula is C10H6BrCl2N3. The molecule has 82 valence electrons. The summed E-state index contributed by atoms with van der Waals surface area (Å²) < 4.78 is 0.960. The molecule has 0 aliphatic carbocycles. The third-order valence-corrected chi connectivity index (χ3v) is 2.92. The van der Waals surface area contributed by atoms with E-state index in [9.17, 15) is 0 Å². The van der Waals surface area contributed by atoms with E-state index in [0.29, 0.717) is 16.0 Å².